The zero-order valence-corrected chi connectivity index (χ0v) is 9.62. The molecule has 0 fully saturated rings. The highest BCUT2D eigenvalue weighted by molar-refractivity contribution is 5.80. The van der Waals surface area contributed by atoms with Gasteiger partial charge < -0.3 is 10.0 Å². The van der Waals surface area contributed by atoms with Crippen molar-refractivity contribution >= 4 is 5.91 Å². The molecular formula is C11H23NO2. The summed E-state index contributed by atoms with van der Waals surface area (Å²) in [5, 5.41) is 9.20. The van der Waals surface area contributed by atoms with Crippen LogP contribution in [-0.2, 0) is 4.79 Å². The summed E-state index contributed by atoms with van der Waals surface area (Å²) in [7, 11) is 0. The van der Waals surface area contributed by atoms with Gasteiger partial charge in [-0.15, -0.1) is 0 Å². The van der Waals surface area contributed by atoms with Gasteiger partial charge >= 0.3 is 0 Å². The van der Waals surface area contributed by atoms with Crippen molar-refractivity contribution in [2.24, 2.45) is 0 Å². The summed E-state index contributed by atoms with van der Waals surface area (Å²) in [6.07, 6.45) is 3.33. The molecule has 0 unspecified atom stereocenters. The van der Waals surface area contributed by atoms with E-state index < -0.39 is 6.10 Å². The lowest BCUT2D eigenvalue weighted by molar-refractivity contribution is -0.139. The number of aliphatic hydroxyl groups excluding tert-OH is 1. The molecular weight excluding hydrogens is 178 g/mol. The van der Waals surface area contributed by atoms with Gasteiger partial charge in [-0.25, -0.2) is 0 Å². The number of hydrogen-bond donors (Lipinski definition) is 1. The fourth-order valence-corrected chi connectivity index (χ4v) is 1.29. The van der Waals surface area contributed by atoms with Crippen molar-refractivity contribution in [3.8, 4) is 0 Å². The summed E-state index contributed by atoms with van der Waals surface area (Å²) in [6, 6.07) is 0. The minimum atomic E-state index is -0.858. The van der Waals surface area contributed by atoms with Crippen LogP contribution in [-0.4, -0.2) is 35.1 Å². The fraction of sp³-hybridized carbons (Fsp3) is 0.909. The van der Waals surface area contributed by atoms with E-state index in [9.17, 15) is 9.90 Å². The molecule has 1 amide bonds. The van der Waals surface area contributed by atoms with E-state index in [1.54, 1.807) is 4.90 Å². The third kappa shape index (κ3) is 5.22. The summed E-state index contributed by atoms with van der Waals surface area (Å²) >= 11 is 0. The molecule has 0 aliphatic rings. The molecule has 0 aromatic carbocycles. The second kappa shape index (κ2) is 7.80. The molecule has 3 heteroatoms. The molecule has 0 saturated heterocycles. The topological polar surface area (TPSA) is 40.5 Å². The molecule has 0 saturated carbocycles. The molecule has 0 aliphatic carbocycles. The molecule has 0 bridgehead atoms. The van der Waals surface area contributed by atoms with Crippen molar-refractivity contribution in [3.63, 3.8) is 0 Å². The fourth-order valence-electron chi connectivity index (χ4n) is 1.29. The van der Waals surface area contributed by atoms with Crippen LogP contribution in [0.15, 0.2) is 0 Å². The van der Waals surface area contributed by atoms with Gasteiger partial charge in [-0.1, -0.05) is 26.7 Å². The van der Waals surface area contributed by atoms with E-state index in [0.717, 1.165) is 38.8 Å². The Labute approximate surface area is 87.1 Å². The van der Waals surface area contributed by atoms with Crippen LogP contribution in [0.25, 0.3) is 0 Å². The maximum atomic E-state index is 11.5. The first-order chi connectivity index (χ1) is 6.63. The van der Waals surface area contributed by atoms with Gasteiger partial charge in [0.1, 0.15) is 6.10 Å². The second-order valence-electron chi connectivity index (χ2n) is 3.71. The van der Waals surface area contributed by atoms with E-state index in [1.807, 2.05) is 0 Å². The van der Waals surface area contributed by atoms with Crippen molar-refractivity contribution in [3.05, 3.63) is 0 Å². The number of aliphatic hydroxyl groups is 1. The normalized spacial score (nSPS) is 12.6. The quantitative estimate of drug-likeness (QED) is 0.682. The maximum Gasteiger partial charge on any atom is 0.251 e. The van der Waals surface area contributed by atoms with Gasteiger partial charge in [0.15, 0.2) is 0 Å². The zero-order chi connectivity index (χ0) is 11.0. The minimum Gasteiger partial charge on any atom is -0.384 e. The van der Waals surface area contributed by atoms with Gasteiger partial charge in [0.05, 0.1) is 0 Å². The van der Waals surface area contributed by atoms with Crippen molar-refractivity contribution < 1.29 is 9.90 Å². The lowest BCUT2D eigenvalue weighted by atomic mass is 10.2. The van der Waals surface area contributed by atoms with Gasteiger partial charge in [0.2, 0.25) is 0 Å². The van der Waals surface area contributed by atoms with E-state index >= 15 is 0 Å². The predicted octanol–water partition coefficient (Wildman–Crippen LogP) is 1.80. The van der Waals surface area contributed by atoms with Crippen molar-refractivity contribution in [2.75, 3.05) is 13.1 Å². The first kappa shape index (κ1) is 13.4. The average Bonchev–Trinajstić information content (AvgIpc) is 2.17. The van der Waals surface area contributed by atoms with Gasteiger partial charge in [-0.3, -0.25) is 4.79 Å². The van der Waals surface area contributed by atoms with Gasteiger partial charge in [0.25, 0.3) is 5.91 Å². The Morgan fingerprint density at radius 1 is 1.21 bits per heavy atom. The molecule has 0 heterocycles. The number of carbonyl (C=O) groups excluding carboxylic acids is 1. The smallest absolute Gasteiger partial charge is 0.251 e. The maximum absolute atomic E-state index is 11.5. The molecule has 14 heavy (non-hydrogen) atoms. The summed E-state index contributed by atoms with van der Waals surface area (Å²) in [4.78, 5) is 13.3. The third-order valence-electron chi connectivity index (χ3n) is 2.23. The van der Waals surface area contributed by atoms with Crippen LogP contribution in [0, 0.1) is 0 Å². The van der Waals surface area contributed by atoms with E-state index in [-0.39, 0.29) is 5.91 Å². The standard InChI is InChI=1S/C11H23NO2/c1-4-6-8-12(9-7-5-2)11(14)10(3)13/h10,13H,4-9H2,1-3H3/t10-/m1/s1. The first-order valence-electron chi connectivity index (χ1n) is 5.60. The summed E-state index contributed by atoms with van der Waals surface area (Å²) in [5.74, 6) is -0.132. The number of carbonyl (C=O) groups is 1. The summed E-state index contributed by atoms with van der Waals surface area (Å²) < 4.78 is 0. The molecule has 84 valence electrons. The molecule has 0 spiro atoms. The Balaban J connectivity index is 4.01. The molecule has 3 nitrogen and oxygen atoms in total. The number of hydrogen-bond acceptors (Lipinski definition) is 2. The summed E-state index contributed by atoms with van der Waals surface area (Å²) in [6.45, 7) is 7.30. The lowest BCUT2D eigenvalue weighted by Gasteiger charge is -2.23. The highest BCUT2D eigenvalue weighted by atomic mass is 16.3. The third-order valence-corrected chi connectivity index (χ3v) is 2.23. The Kier molecular flexibility index (Phi) is 7.48. The SMILES string of the molecule is CCCCN(CCCC)C(=O)[C@@H](C)O. The Bertz CT molecular complexity index is 149. The molecule has 0 rings (SSSR count). The van der Waals surface area contributed by atoms with E-state index in [0.29, 0.717) is 0 Å². The molecule has 0 radical (unpaired) electrons. The van der Waals surface area contributed by atoms with Crippen molar-refractivity contribution in [1.29, 1.82) is 0 Å². The largest absolute Gasteiger partial charge is 0.384 e. The van der Waals surface area contributed by atoms with Gasteiger partial charge in [-0.2, -0.15) is 0 Å². The minimum absolute atomic E-state index is 0.132. The van der Waals surface area contributed by atoms with Crippen LogP contribution in [0.1, 0.15) is 46.5 Å². The van der Waals surface area contributed by atoms with Crippen LogP contribution in [0.3, 0.4) is 0 Å². The van der Waals surface area contributed by atoms with E-state index in [2.05, 4.69) is 13.8 Å². The Morgan fingerprint density at radius 2 is 1.64 bits per heavy atom. The van der Waals surface area contributed by atoms with Crippen LogP contribution >= 0.6 is 0 Å². The molecule has 0 aromatic heterocycles. The first-order valence-corrected chi connectivity index (χ1v) is 5.60. The predicted molar refractivity (Wildman–Crippen MR) is 58.1 cm³/mol. The second-order valence-corrected chi connectivity index (χ2v) is 3.71. The summed E-state index contributed by atoms with van der Waals surface area (Å²) in [5.41, 5.74) is 0. The van der Waals surface area contributed by atoms with Crippen LogP contribution in [0.2, 0.25) is 0 Å². The number of amides is 1. The number of rotatable bonds is 7. The van der Waals surface area contributed by atoms with E-state index in [1.165, 1.54) is 6.92 Å². The molecule has 1 N–H and O–H groups in total. The lowest BCUT2D eigenvalue weighted by Crippen LogP contribution is -2.39. The van der Waals surface area contributed by atoms with Crippen LogP contribution in [0.5, 0.6) is 0 Å². The number of nitrogens with zero attached hydrogens (tertiary/aromatic N) is 1. The molecule has 0 aliphatic heterocycles. The highest BCUT2D eigenvalue weighted by Crippen LogP contribution is 2.02. The van der Waals surface area contributed by atoms with E-state index in [4.69, 9.17) is 0 Å². The zero-order valence-electron chi connectivity index (χ0n) is 9.62. The van der Waals surface area contributed by atoms with Crippen LogP contribution < -0.4 is 0 Å². The van der Waals surface area contributed by atoms with Crippen molar-refractivity contribution in [1.82, 2.24) is 4.90 Å². The van der Waals surface area contributed by atoms with Gasteiger partial charge in [0, 0.05) is 13.1 Å². The number of unbranched alkanes of at least 4 members (excludes halogenated alkanes) is 2. The molecule has 0 aromatic rings. The van der Waals surface area contributed by atoms with Crippen LogP contribution in [0.4, 0.5) is 0 Å². The van der Waals surface area contributed by atoms with Crippen molar-refractivity contribution in [2.45, 2.75) is 52.6 Å². The van der Waals surface area contributed by atoms with Gasteiger partial charge in [-0.05, 0) is 19.8 Å². The highest BCUT2D eigenvalue weighted by Gasteiger charge is 2.16. The average molecular weight is 201 g/mol. The molecule has 1 atom stereocenters. The Hall–Kier alpha value is -0.570. The monoisotopic (exact) mass is 201 g/mol. The Morgan fingerprint density at radius 3 is 1.93 bits per heavy atom.